The summed E-state index contributed by atoms with van der Waals surface area (Å²) in [5, 5.41) is 7.18. The molecule has 5 aromatic rings. The Morgan fingerprint density at radius 2 is 1.43 bits per heavy atom. The largest absolute Gasteiger partial charge is 0.485 e. The second-order valence-electron chi connectivity index (χ2n) is 14.4. The zero-order chi connectivity index (χ0) is 35.1. The number of hydrogen-bond donors (Lipinski definition) is 1. The standard InChI is InChI=1S/C49H39N3O/c1-3-11-33(12-4-1)42-29-27-35-25-26-36-28-30-43(51-49(36)48(35)50-42)34-23-21-32(22-24-34)37-13-9-14-38(31-37)47-41-18-10-20-45(53-39-15-5-2-6-16-39)46(41)40-17-7-8-19-44(40)52-47/h1-11,13-15,17-31,33,35,39,43,48,51H,12,16H2. The van der Waals surface area contributed by atoms with Gasteiger partial charge in [-0.25, -0.2) is 4.98 Å². The normalized spacial score (nSPS) is 23.9. The van der Waals surface area contributed by atoms with Crippen LogP contribution in [0.4, 0.5) is 0 Å². The molecule has 4 heteroatoms. The van der Waals surface area contributed by atoms with Gasteiger partial charge < -0.3 is 10.1 Å². The number of nitrogens with zero attached hydrogens (tertiary/aromatic N) is 2. The number of fused-ring (bicyclic) bond motifs is 5. The maximum atomic E-state index is 6.61. The third kappa shape index (κ3) is 5.90. The molecule has 53 heavy (non-hydrogen) atoms. The van der Waals surface area contributed by atoms with Gasteiger partial charge in [-0.1, -0.05) is 146 Å². The number of para-hydroxylation sites is 1. The van der Waals surface area contributed by atoms with Crippen molar-refractivity contribution in [1.82, 2.24) is 10.3 Å². The van der Waals surface area contributed by atoms with Crippen molar-refractivity contribution in [2.75, 3.05) is 0 Å². The van der Waals surface area contributed by atoms with Crippen LogP contribution in [0.3, 0.4) is 0 Å². The van der Waals surface area contributed by atoms with E-state index in [-0.39, 0.29) is 24.1 Å². The van der Waals surface area contributed by atoms with Gasteiger partial charge in [-0.05, 0) is 59.0 Å². The van der Waals surface area contributed by atoms with Gasteiger partial charge in [0.05, 0.1) is 17.3 Å². The molecule has 10 rings (SSSR count). The van der Waals surface area contributed by atoms with Gasteiger partial charge in [0.1, 0.15) is 17.9 Å². The number of dihydropyridines is 2. The molecule has 4 aromatic carbocycles. The lowest BCUT2D eigenvalue weighted by molar-refractivity contribution is 0.255. The first-order chi connectivity index (χ1) is 26.2. The molecular formula is C49H39N3O. The molecule has 0 fully saturated rings. The molecule has 0 bridgehead atoms. The first kappa shape index (κ1) is 31.5. The molecule has 1 aromatic heterocycles. The summed E-state index contributed by atoms with van der Waals surface area (Å²) in [5.74, 6) is 1.50. The number of allylic oxidation sites excluding steroid dienone is 10. The van der Waals surface area contributed by atoms with Crippen molar-refractivity contribution >= 4 is 27.4 Å². The third-order valence-electron chi connectivity index (χ3n) is 11.0. The van der Waals surface area contributed by atoms with Gasteiger partial charge in [-0.3, -0.25) is 4.99 Å². The molecule has 0 spiro atoms. The minimum absolute atomic E-state index is 0.00862. The maximum Gasteiger partial charge on any atom is 0.128 e. The fourth-order valence-corrected chi connectivity index (χ4v) is 8.27. The summed E-state index contributed by atoms with van der Waals surface area (Å²) in [7, 11) is 0. The fraction of sp³-hybridized carbons (Fsp3) is 0.143. The highest BCUT2D eigenvalue weighted by molar-refractivity contribution is 6.13. The van der Waals surface area contributed by atoms with E-state index in [0.29, 0.717) is 5.92 Å². The van der Waals surface area contributed by atoms with Crippen LogP contribution >= 0.6 is 0 Å². The molecule has 2 aliphatic heterocycles. The predicted molar refractivity (Wildman–Crippen MR) is 219 cm³/mol. The van der Waals surface area contributed by atoms with Crippen molar-refractivity contribution < 1.29 is 4.74 Å². The van der Waals surface area contributed by atoms with Crippen LogP contribution in [0.25, 0.3) is 44.1 Å². The number of rotatable bonds is 6. The predicted octanol–water partition coefficient (Wildman–Crippen LogP) is 11.1. The lowest BCUT2D eigenvalue weighted by Gasteiger charge is -2.35. The van der Waals surface area contributed by atoms with E-state index in [1.807, 2.05) is 0 Å². The molecule has 3 aliphatic carbocycles. The van der Waals surface area contributed by atoms with E-state index < -0.39 is 0 Å². The van der Waals surface area contributed by atoms with Gasteiger partial charge in [0.25, 0.3) is 0 Å². The Hall–Kier alpha value is -6.26. The molecule has 3 heterocycles. The van der Waals surface area contributed by atoms with Crippen molar-refractivity contribution in [3.05, 3.63) is 193 Å². The summed E-state index contributed by atoms with van der Waals surface area (Å²) in [6.07, 6.45) is 32.7. The van der Waals surface area contributed by atoms with E-state index in [1.165, 1.54) is 28.1 Å². The van der Waals surface area contributed by atoms with E-state index >= 15 is 0 Å². The lowest BCUT2D eigenvalue weighted by atomic mass is 9.82. The van der Waals surface area contributed by atoms with E-state index in [4.69, 9.17) is 14.7 Å². The molecule has 256 valence electrons. The number of nitrogens with one attached hydrogen (secondary N) is 1. The highest BCUT2D eigenvalue weighted by atomic mass is 16.5. The molecule has 5 atom stereocenters. The van der Waals surface area contributed by atoms with Crippen LogP contribution in [0, 0.1) is 11.8 Å². The molecule has 0 radical (unpaired) electrons. The van der Waals surface area contributed by atoms with E-state index in [0.717, 1.165) is 57.1 Å². The molecule has 0 saturated carbocycles. The van der Waals surface area contributed by atoms with Gasteiger partial charge in [-0.2, -0.15) is 0 Å². The van der Waals surface area contributed by atoms with Gasteiger partial charge in [0.2, 0.25) is 0 Å². The highest BCUT2D eigenvalue weighted by Gasteiger charge is 2.32. The second-order valence-corrected chi connectivity index (χ2v) is 14.4. The van der Waals surface area contributed by atoms with Crippen LogP contribution in [-0.2, 0) is 0 Å². The minimum atomic E-state index is 0.00862. The van der Waals surface area contributed by atoms with E-state index in [1.54, 1.807) is 0 Å². The summed E-state index contributed by atoms with van der Waals surface area (Å²) >= 11 is 0. The van der Waals surface area contributed by atoms with Gasteiger partial charge in [0, 0.05) is 51.4 Å². The molecular weight excluding hydrogens is 647 g/mol. The second kappa shape index (κ2) is 13.4. The molecule has 5 unspecified atom stereocenters. The summed E-state index contributed by atoms with van der Waals surface area (Å²) in [4.78, 5) is 10.6. The maximum absolute atomic E-state index is 6.61. The molecule has 1 N–H and O–H groups in total. The zero-order valence-electron chi connectivity index (χ0n) is 29.3. The molecule has 4 nitrogen and oxygen atoms in total. The van der Waals surface area contributed by atoms with Crippen molar-refractivity contribution in [3.63, 3.8) is 0 Å². The van der Waals surface area contributed by atoms with Crippen LogP contribution in [0.1, 0.15) is 24.4 Å². The summed E-state index contributed by atoms with van der Waals surface area (Å²) in [5.41, 5.74) is 10.2. The van der Waals surface area contributed by atoms with Crippen molar-refractivity contribution in [1.29, 1.82) is 0 Å². The van der Waals surface area contributed by atoms with Crippen LogP contribution in [-0.4, -0.2) is 22.8 Å². The Kier molecular flexibility index (Phi) is 7.94. The van der Waals surface area contributed by atoms with Crippen LogP contribution in [0.2, 0.25) is 0 Å². The van der Waals surface area contributed by atoms with Crippen LogP contribution in [0.15, 0.2) is 192 Å². The van der Waals surface area contributed by atoms with Gasteiger partial charge in [-0.15, -0.1) is 0 Å². The highest BCUT2D eigenvalue weighted by Crippen LogP contribution is 2.40. The summed E-state index contributed by atoms with van der Waals surface area (Å²) < 4.78 is 6.61. The van der Waals surface area contributed by atoms with E-state index in [9.17, 15) is 0 Å². The quantitative estimate of drug-likeness (QED) is 0.181. The Balaban J connectivity index is 0.937. The average Bonchev–Trinajstić information content (AvgIpc) is 3.24. The lowest BCUT2D eigenvalue weighted by Crippen LogP contribution is -2.37. The Morgan fingerprint density at radius 3 is 2.30 bits per heavy atom. The Morgan fingerprint density at radius 1 is 0.642 bits per heavy atom. The van der Waals surface area contributed by atoms with Crippen molar-refractivity contribution in [2.24, 2.45) is 16.8 Å². The molecule has 5 aliphatic rings. The number of pyridine rings is 1. The fourth-order valence-electron chi connectivity index (χ4n) is 8.27. The van der Waals surface area contributed by atoms with Crippen LogP contribution < -0.4 is 10.1 Å². The monoisotopic (exact) mass is 685 g/mol. The van der Waals surface area contributed by atoms with Gasteiger partial charge >= 0.3 is 0 Å². The smallest absolute Gasteiger partial charge is 0.128 e. The first-order valence-electron chi connectivity index (χ1n) is 18.7. The summed E-state index contributed by atoms with van der Waals surface area (Å²) in [6, 6.07) is 32.6. The van der Waals surface area contributed by atoms with Crippen molar-refractivity contribution in [3.8, 4) is 28.1 Å². The number of benzene rings is 4. The number of ether oxygens (including phenoxy) is 1. The SMILES string of the molecule is C1=CCC(Oc2cccc3c(-c4cccc(-c5ccc(C6C=CC7=C(N6)C6N=C(C8C=CC=CC8)C=CC6C=C7)cc5)c4)nc4ccccc4c23)C=C1. The zero-order valence-corrected chi connectivity index (χ0v) is 29.3. The van der Waals surface area contributed by atoms with Gasteiger partial charge in [0.15, 0.2) is 0 Å². The number of hydrogen-bond acceptors (Lipinski definition) is 4. The van der Waals surface area contributed by atoms with Crippen LogP contribution in [0.5, 0.6) is 5.75 Å². The van der Waals surface area contributed by atoms with E-state index in [2.05, 4.69) is 181 Å². The number of aromatic nitrogens is 1. The average molecular weight is 686 g/mol. The summed E-state index contributed by atoms with van der Waals surface area (Å²) in [6.45, 7) is 0. The Labute approximate surface area is 310 Å². The third-order valence-corrected chi connectivity index (χ3v) is 11.0. The Bertz CT molecular complexity index is 2540. The first-order valence-corrected chi connectivity index (χ1v) is 18.7. The van der Waals surface area contributed by atoms with Crippen molar-refractivity contribution in [2.45, 2.75) is 31.0 Å². The topological polar surface area (TPSA) is 46.5 Å². The molecule has 0 amide bonds. The molecule has 0 saturated heterocycles. The number of aliphatic imine (C=N–C) groups is 1. The minimum Gasteiger partial charge on any atom is -0.485 e.